The van der Waals surface area contributed by atoms with Crippen molar-refractivity contribution in [3.05, 3.63) is 11.9 Å². The van der Waals surface area contributed by atoms with Gasteiger partial charge in [-0.3, -0.25) is 0 Å². The fourth-order valence-electron chi connectivity index (χ4n) is 1.50. The van der Waals surface area contributed by atoms with Gasteiger partial charge in [0.05, 0.1) is 0 Å². The summed E-state index contributed by atoms with van der Waals surface area (Å²) >= 11 is 1.84. The first kappa shape index (κ1) is 15.3. The van der Waals surface area contributed by atoms with Gasteiger partial charge in [-0.05, 0) is 19.3 Å². The average Bonchev–Trinajstić information content (AvgIpc) is 2.36. The van der Waals surface area contributed by atoms with Crippen LogP contribution in [-0.4, -0.2) is 21.8 Å². The molecule has 0 saturated carbocycles. The van der Waals surface area contributed by atoms with Crippen LogP contribution in [0.1, 0.15) is 52.8 Å². The summed E-state index contributed by atoms with van der Waals surface area (Å²) in [6.45, 7) is 9.75. The molecule has 0 bridgehead atoms. The lowest BCUT2D eigenvalue weighted by atomic mass is 10.3. The third-order valence-corrected chi connectivity index (χ3v) is 3.86. The number of aryl methyl sites for hydroxylation is 1. The normalized spacial score (nSPS) is 12.4. The molecule has 1 atom stereocenters. The predicted molar refractivity (Wildman–Crippen MR) is 80.4 cm³/mol. The first-order valence-corrected chi connectivity index (χ1v) is 7.86. The minimum Gasteiger partial charge on any atom is -0.370 e. The Hall–Kier alpha value is -0.770. The maximum atomic E-state index is 4.63. The number of anilines is 1. The summed E-state index contributed by atoms with van der Waals surface area (Å²) in [5.41, 5.74) is 0. The maximum absolute atomic E-state index is 4.63. The molecule has 1 rings (SSSR count). The van der Waals surface area contributed by atoms with Crippen LogP contribution in [0.4, 0.5) is 5.82 Å². The Bertz CT molecular complexity index is 355. The highest BCUT2D eigenvalue weighted by atomic mass is 32.2. The van der Waals surface area contributed by atoms with Gasteiger partial charge in [0.15, 0.2) is 0 Å². The highest BCUT2D eigenvalue weighted by Crippen LogP contribution is 2.25. The third-order valence-electron chi connectivity index (χ3n) is 2.68. The monoisotopic (exact) mass is 267 g/mol. The molecule has 0 aliphatic heterocycles. The first-order valence-electron chi connectivity index (χ1n) is 6.98. The van der Waals surface area contributed by atoms with E-state index < -0.39 is 0 Å². The molecule has 1 heterocycles. The van der Waals surface area contributed by atoms with E-state index in [0.29, 0.717) is 5.25 Å². The largest absolute Gasteiger partial charge is 0.370 e. The van der Waals surface area contributed by atoms with Gasteiger partial charge in [-0.15, -0.1) is 11.8 Å². The molecule has 4 heteroatoms. The highest BCUT2D eigenvalue weighted by molar-refractivity contribution is 7.99. The number of rotatable bonds is 8. The van der Waals surface area contributed by atoms with Gasteiger partial charge in [-0.1, -0.05) is 27.7 Å². The zero-order valence-electron chi connectivity index (χ0n) is 12.0. The molecule has 1 N–H and O–H groups in total. The lowest BCUT2D eigenvalue weighted by molar-refractivity contribution is 0.804. The van der Waals surface area contributed by atoms with E-state index in [-0.39, 0.29) is 0 Å². The summed E-state index contributed by atoms with van der Waals surface area (Å²) < 4.78 is 0. The summed E-state index contributed by atoms with van der Waals surface area (Å²) in [7, 11) is 0. The molecule has 102 valence electrons. The lowest BCUT2D eigenvalue weighted by Gasteiger charge is -2.11. The molecule has 0 aromatic carbocycles. The van der Waals surface area contributed by atoms with Crippen molar-refractivity contribution in [3.63, 3.8) is 0 Å². The number of aromatic nitrogens is 2. The molecule has 0 fully saturated rings. The Labute approximate surface area is 115 Å². The van der Waals surface area contributed by atoms with Gasteiger partial charge in [0, 0.05) is 24.3 Å². The van der Waals surface area contributed by atoms with E-state index in [1.54, 1.807) is 0 Å². The van der Waals surface area contributed by atoms with Gasteiger partial charge < -0.3 is 5.32 Å². The number of nitrogens with zero attached hydrogens (tertiary/aromatic N) is 2. The minimum atomic E-state index is 0.605. The van der Waals surface area contributed by atoms with Gasteiger partial charge in [-0.2, -0.15) is 0 Å². The second-order valence-corrected chi connectivity index (χ2v) is 5.98. The van der Waals surface area contributed by atoms with Crippen LogP contribution in [0.25, 0.3) is 0 Å². The van der Waals surface area contributed by atoms with Crippen molar-refractivity contribution in [2.24, 2.45) is 0 Å². The van der Waals surface area contributed by atoms with Crippen LogP contribution in [0, 0.1) is 0 Å². The van der Waals surface area contributed by atoms with E-state index in [1.807, 2.05) is 11.8 Å². The molecule has 1 aromatic heterocycles. The Morgan fingerprint density at radius 3 is 2.61 bits per heavy atom. The summed E-state index contributed by atoms with van der Waals surface area (Å²) in [6, 6.07) is 2.08. The van der Waals surface area contributed by atoms with Crippen LogP contribution < -0.4 is 5.32 Å². The fourth-order valence-corrected chi connectivity index (χ4v) is 2.42. The van der Waals surface area contributed by atoms with E-state index in [0.717, 1.165) is 48.9 Å². The molecular formula is C14H25N3S. The third kappa shape index (κ3) is 5.25. The fraction of sp³-hybridized carbons (Fsp3) is 0.714. The standard InChI is InChI=1S/C14H25N3S/c1-5-8-12-16-13(15-9-6-2)10-14(17-12)18-11(4)7-3/h10-11H,5-9H2,1-4H3,(H,15,16,17). The Balaban J connectivity index is 2.83. The molecule has 18 heavy (non-hydrogen) atoms. The number of hydrogen-bond acceptors (Lipinski definition) is 4. The van der Waals surface area contributed by atoms with Crippen molar-refractivity contribution < 1.29 is 0 Å². The van der Waals surface area contributed by atoms with Gasteiger partial charge in [0.25, 0.3) is 0 Å². The maximum Gasteiger partial charge on any atom is 0.132 e. The molecule has 0 radical (unpaired) electrons. The van der Waals surface area contributed by atoms with Crippen molar-refractivity contribution in [3.8, 4) is 0 Å². The topological polar surface area (TPSA) is 37.8 Å². The highest BCUT2D eigenvalue weighted by Gasteiger charge is 2.07. The van der Waals surface area contributed by atoms with E-state index >= 15 is 0 Å². The van der Waals surface area contributed by atoms with Gasteiger partial charge in [-0.25, -0.2) is 9.97 Å². The van der Waals surface area contributed by atoms with Crippen LogP contribution in [0.3, 0.4) is 0 Å². The predicted octanol–water partition coefficient (Wildman–Crippen LogP) is 4.14. The van der Waals surface area contributed by atoms with Crippen molar-refractivity contribution in [1.82, 2.24) is 9.97 Å². The second-order valence-electron chi connectivity index (χ2n) is 4.52. The van der Waals surface area contributed by atoms with Crippen LogP contribution in [0.2, 0.25) is 0 Å². The lowest BCUT2D eigenvalue weighted by Crippen LogP contribution is -2.06. The number of hydrogen-bond donors (Lipinski definition) is 1. The zero-order chi connectivity index (χ0) is 13.4. The SMILES string of the molecule is CCCNc1cc(SC(C)CC)nc(CCC)n1. The van der Waals surface area contributed by atoms with E-state index in [1.165, 1.54) is 0 Å². The van der Waals surface area contributed by atoms with Crippen LogP contribution in [0.15, 0.2) is 11.1 Å². The molecule has 0 aliphatic rings. The van der Waals surface area contributed by atoms with Crippen LogP contribution >= 0.6 is 11.8 Å². The van der Waals surface area contributed by atoms with Crippen molar-refractivity contribution >= 4 is 17.6 Å². The van der Waals surface area contributed by atoms with Gasteiger partial charge in [0.1, 0.15) is 16.7 Å². The summed E-state index contributed by atoms with van der Waals surface area (Å²) in [5, 5.41) is 5.06. The zero-order valence-corrected chi connectivity index (χ0v) is 12.8. The van der Waals surface area contributed by atoms with E-state index in [9.17, 15) is 0 Å². The quantitative estimate of drug-likeness (QED) is 0.567. The minimum absolute atomic E-state index is 0.605. The molecular weight excluding hydrogens is 242 g/mol. The second kappa shape index (κ2) is 8.35. The Morgan fingerprint density at radius 1 is 1.22 bits per heavy atom. The number of nitrogens with one attached hydrogen (secondary N) is 1. The van der Waals surface area contributed by atoms with Crippen LogP contribution in [-0.2, 0) is 6.42 Å². The Morgan fingerprint density at radius 2 is 2.00 bits per heavy atom. The molecule has 0 saturated heterocycles. The summed E-state index contributed by atoms with van der Waals surface area (Å²) in [5.74, 6) is 1.94. The van der Waals surface area contributed by atoms with Gasteiger partial charge >= 0.3 is 0 Å². The van der Waals surface area contributed by atoms with Gasteiger partial charge in [0.2, 0.25) is 0 Å². The molecule has 1 aromatic rings. The molecule has 0 spiro atoms. The first-order chi connectivity index (χ1) is 8.69. The number of thioether (sulfide) groups is 1. The molecule has 0 amide bonds. The van der Waals surface area contributed by atoms with Crippen LogP contribution in [0.5, 0.6) is 0 Å². The molecule has 0 aliphatic carbocycles. The Kier molecular flexibility index (Phi) is 7.09. The average molecular weight is 267 g/mol. The van der Waals surface area contributed by atoms with Crippen molar-refractivity contribution in [2.45, 2.75) is 63.7 Å². The molecule has 1 unspecified atom stereocenters. The summed E-state index contributed by atoms with van der Waals surface area (Å²) in [6.07, 6.45) is 4.32. The van der Waals surface area contributed by atoms with E-state index in [2.05, 4.69) is 49.0 Å². The summed E-state index contributed by atoms with van der Waals surface area (Å²) in [4.78, 5) is 9.19. The van der Waals surface area contributed by atoms with E-state index in [4.69, 9.17) is 0 Å². The molecule has 3 nitrogen and oxygen atoms in total. The van der Waals surface area contributed by atoms with Crippen molar-refractivity contribution in [1.29, 1.82) is 0 Å². The van der Waals surface area contributed by atoms with Crippen molar-refractivity contribution in [2.75, 3.05) is 11.9 Å². The smallest absolute Gasteiger partial charge is 0.132 e.